The zero-order valence-corrected chi connectivity index (χ0v) is 10.1. The highest BCUT2D eigenvalue weighted by atomic mass is 16.5. The summed E-state index contributed by atoms with van der Waals surface area (Å²) in [5, 5.41) is 0. The van der Waals surface area contributed by atoms with Gasteiger partial charge >= 0.3 is 5.97 Å². The lowest BCUT2D eigenvalue weighted by Crippen LogP contribution is -2.12. The molecule has 4 heteroatoms. The molecule has 1 aromatic carbocycles. The molecule has 0 aliphatic carbocycles. The van der Waals surface area contributed by atoms with Gasteiger partial charge in [-0.25, -0.2) is 4.98 Å². The Labute approximate surface area is 100 Å². The second-order valence-electron chi connectivity index (χ2n) is 4.24. The Morgan fingerprint density at radius 3 is 2.88 bits per heavy atom. The van der Waals surface area contributed by atoms with E-state index in [9.17, 15) is 4.79 Å². The molecule has 4 nitrogen and oxygen atoms in total. The van der Waals surface area contributed by atoms with Gasteiger partial charge in [-0.1, -0.05) is 12.1 Å². The first-order valence-corrected chi connectivity index (χ1v) is 5.78. The summed E-state index contributed by atoms with van der Waals surface area (Å²) in [7, 11) is 0. The third-order valence-corrected chi connectivity index (χ3v) is 2.37. The average Bonchev–Trinajstić information content (AvgIpc) is 2.68. The fraction of sp³-hybridized carbons (Fsp3) is 0.385. The van der Waals surface area contributed by atoms with Crippen LogP contribution in [-0.4, -0.2) is 22.0 Å². The first-order valence-electron chi connectivity index (χ1n) is 5.78. The number of nitrogens with zero attached hydrogens (tertiary/aromatic N) is 1. The van der Waals surface area contributed by atoms with E-state index in [1.165, 1.54) is 0 Å². The number of aromatic amines is 1. The number of carbonyl (C=O) groups is 1. The first kappa shape index (κ1) is 11.6. The summed E-state index contributed by atoms with van der Waals surface area (Å²) in [4.78, 5) is 19.0. The van der Waals surface area contributed by atoms with Crippen LogP contribution in [0.2, 0.25) is 0 Å². The number of para-hydroxylation sites is 2. The maximum absolute atomic E-state index is 11.4. The molecule has 0 aliphatic heterocycles. The molecule has 0 radical (unpaired) electrons. The fourth-order valence-electron chi connectivity index (χ4n) is 1.67. The molecule has 2 rings (SSSR count). The number of aromatic nitrogens is 2. The monoisotopic (exact) mass is 232 g/mol. The van der Waals surface area contributed by atoms with E-state index in [4.69, 9.17) is 4.74 Å². The van der Waals surface area contributed by atoms with Crippen LogP contribution in [0.1, 0.15) is 26.1 Å². The Hall–Kier alpha value is -1.84. The lowest BCUT2D eigenvalue weighted by Gasteiger charge is -2.06. The molecule has 0 fully saturated rings. The molecule has 0 saturated carbocycles. The van der Waals surface area contributed by atoms with Gasteiger partial charge in [0.15, 0.2) is 0 Å². The number of nitrogens with one attached hydrogen (secondary N) is 1. The minimum absolute atomic E-state index is 0.0572. The van der Waals surface area contributed by atoms with Crippen LogP contribution in [0, 0.1) is 0 Å². The summed E-state index contributed by atoms with van der Waals surface area (Å²) < 4.78 is 5.07. The topological polar surface area (TPSA) is 55.0 Å². The van der Waals surface area contributed by atoms with Crippen LogP contribution in [0.4, 0.5) is 0 Å². The Morgan fingerprint density at radius 1 is 1.41 bits per heavy atom. The van der Waals surface area contributed by atoms with E-state index < -0.39 is 0 Å². The van der Waals surface area contributed by atoms with Crippen LogP contribution in [0.5, 0.6) is 0 Å². The molecule has 0 aliphatic rings. The highest BCUT2D eigenvalue weighted by Crippen LogP contribution is 2.11. The largest absolute Gasteiger partial charge is 0.463 e. The fourth-order valence-corrected chi connectivity index (χ4v) is 1.67. The lowest BCUT2D eigenvalue weighted by atomic mass is 10.3. The van der Waals surface area contributed by atoms with Crippen molar-refractivity contribution in [3.8, 4) is 0 Å². The molecule has 0 saturated heterocycles. The number of rotatable bonds is 4. The van der Waals surface area contributed by atoms with E-state index in [2.05, 4.69) is 9.97 Å². The summed E-state index contributed by atoms with van der Waals surface area (Å²) in [5.74, 6) is 0.646. The average molecular weight is 232 g/mol. The lowest BCUT2D eigenvalue weighted by molar-refractivity contribution is -0.147. The Kier molecular flexibility index (Phi) is 3.42. The van der Waals surface area contributed by atoms with Crippen LogP contribution >= 0.6 is 0 Å². The van der Waals surface area contributed by atoms with Gasteiger partial charge in [-0.2, -0.15) is 0 Å². The van der Waals surface area contributed by atoms with Gasteiger partial charge in [0, 0.05) is 6.42 Å². The quantitative estimate of drug-likeness (QED) is 0.824. The van der Waals surface area contributed by atoms with Crippen LogP contribution in [0.3, 0.4) is 0 Å². The van der Waals surface area contributed by atoms with Crippen molar-refractivity contribution >= 4 is 17.0 Å². The van der Waals surface area contributed by atoms with Crippen LogP contribution in [0.25, 0.3) is 11.0 Å². The maximum atomic E-state index is 11.4. The summed E-state index contributed by atoms with van der Waals surface area (Å²) in [6.45, 7) is 3.69. The van der Waals surface area contributed by atoms with Crippen molar-refractivity contribution in [2.45, 2.75) is 32.8 Å². The molecule has 0 amide bonds. The molecular formula is C13H16N2O2. The number of hydrogen-bond donors (Lipinski definition) is 1. The molecule has 0 spiro atoms. The van der Waals surface area contributed by atoms with Crippen molar-refractivity contribution in [2.24, 2.45) is 0 Å². The van der Waals surface area contributed by atoms with Gasteiger partial charge in [0.25, 0.3) is 0 Å². The van der Waals surface area contributed by atoms with E-state index in [-0.39, 0.29) is 12.1 Å². The van der Waals surface area contributed by atoms with E-state index >= 15 is 0 Å². The van der Waals surface area contributed by atoms with Crippen molar-refractivity contribution in [1.29, 1.82) is 0 Å². The van der Waals surface area contributed by atoms with Gasteiger partial charge in [-0.15, -0.1) is 0 Å². The van der Waals surface area contributed by atoms with Crippen molar-refractivity contribution in [3.63, 3.8) is 0 Å². The summed E-state index contributed by atoms with van der Waals surface area (Å²) >= 11 is 0. The van der Waals surface area contributed by atoms with E-state index in [1.54, 1.807) is 0 Å². The van der Waals surface area contributed by atoms with E-state index in [0.29, 0.717) is 12.8 Å². The molecule has 1 heterocycles. The summed E-state index contributed by atoms with van der Waals surface area (Å²) in [6, 6.07) is 7.82. The second-order valence-corrected chi connectivity index (χ2v) is 4.24. The molecular weight excluding hydrogens is 216 g/mol. The zero-order valence-electron chi connectivity index (χ0n) is 10.1. The van der Waals surface area contributed by atoms with Gasteiger partial charge in [0.05, 0.1) is 23.6 Å². The minimum atomic E-state index is -0.180. The number of hydrogen-bond acceptors (Lipinski definition) is 3. The van der Waals surface area contributed by atoms with Gasteiger partial charge in [0.2, 0.25) is 0 Å². The highest BCUT2D eigenvalue weighted by Gasteiger charge is 2.08. The standard InChI is InChI=1S/C13H16N2O2/c1-9(2)17-13(16)8-7-12-14-10-5-3-4-6-11(10)15-12/h3-6,9H,7-8H2,1-2H3,(H,14,15). The van der Waals surface area contributed by atoms with Gasteiger partial charge in [-0.05, 0) is 26.0 Å². The molecule has 1 N–H and O–H groups in total. The molecule has 2 aromatic rings. The smallest absolute Gasteiger partial charge is 0.306 e. The number of carbonyl (C=O) groups excluding carboxylic acids is 1. The number of ether oxygens (including phenoxy) is 1. The Bertz CT molecular complexity index is 484. The van der Waals surface area contributed by atoms with E-state index in [1.807, 2.05) is 38.1 Å². The number of imidazole rings is 1. The predicted octanol–water partition coefficient (Wildman–Crippen LogP) is 2.45. The third kappa shape index (κ3) is 3.06. The highest BCUT2D eigenvalue weighted by molar-refractivity contribution is 5.75. The molecule has 0 unspecified atom stereocenters. The Morgan fingerprint density at radius 2 is 2.18 bits per heavy atom. The van der Waals surface area contributed by atoms with Crippen LogP contribution < -0.4 is 0 Å². The number of aryl methyl sites for hydroxylation is 1. The number of benzene rings is 1. The van der Waals surface area contributed by atoms with Crippen molar-refractivity contribution in [3.05, 3.63) is 30.1 Å². The number of esters is 1. The van der Waals surface area contributed by atoms with Crippen LogP contribution in [0.15, 0.2) is 24.3 Å². The minimum Gasteiger partial charge on any atom is -0.463 e. The van der Waals surface area contributed by atoms with E-state index in [0.717, 1.165) is 16.9 Å². The molecule has 1 aromatic heterocycles. The van der Waals surface area contributed by atoms with Crippen LogP contribution in [-0.2, 0) is 16.0 Å². The molecule has 90 valence electrons. The van der Waals surface area contributed by atoms with Crippen molar-refractivity contribution in [1.82, 2.24) is 9.97 Å². The van der Waals surface area contributed by atoms with Gasteiger partial charge in [-0.3, -0.25) is 4.79 Å². The SMILES string of the molecule is CC(C)OC(=O)CCc1nc2ccccc2[nH]1. The summed E-state index contributed by atoms with van der Waals surface area (Å²) in [5.41, 5.74) is 1.93. The van der Waals surface area contributed by atoms with Crippen molar-refractivity contribution in [2.75, 3.05) is 0 Å². The summed E-state index contributed by atoms with van der Waals surface area (Å²) in [6.07, 6.45) is 0.885. The normalized spacial score (nSPS) is 11.0. The molecule has 17 heavy (non-hydrogen) atoms. The third-order valence-electron chi connectivity index (χ3n) is 2.37. The maximum Gasteiger partial charge on any atom is 0.306 e. The number of H-pyrrole nitrogens is 1. The second kappa shape index (κ2) is 4.99. The van der Waals surface area contributed by atoms with Gasteiger partial charge in [0.1, 0.15) is 5.82 Å². The van der Waals surface area contributed by atoms with Gasteiger partial charge < -0.3 is 9.72 Å². The predicted molar refractivity (Wildman–Crippen MR) is 65.6 cm³/mol. The molecule has 0 bridgehead atoms. The van der Waals surface area contributed by atoms with Crippen molar-refractivity contribution < 1.29 is 9.53 Å². The number of fused-ring (bicyclic) bond motifs is 1. The Balaban J connectivity index is 1.97. The zero-order chi connectivity index (χ0) is 12.3. The molecule has 0 atom stereocenters. The first-order chi connectivity index (χ1) is 8.15.